The molecular weight excluding hydrogens is 314 g/mol. The van der Waals surface area contributed by atoms with Crippen LogP contribution in [0.4, 0.5) is 0 Å². The van der Waals surface area contributed by atoms with Gasteiger partial charge in [0, 0.05) is 25.7 Å². The van der Waals surface area contributed by atoms with Gasteiger partial charge in [0.2, 0.25) is 0 Å². The highest BCUT2D eigenvalue weighted by molar-refractivity contribution is 5.92. The molecule has 0 radical (unpaired) electrons. The van der Waals surface area contributed by atoms with Crippen molar-refractivity contribution >= 4 is 5.91 Å². The van der Waals surface area contributed by atoms with E-state index in [9.17, 15) is 4.79 Å². The Balaban J connectivity index is 1.13. The first-order valence-electron chi connectivity index (χ1n) is 9.27. The molecule has 1 aliphatic heterocycles. The Morgan fingerprint density at radius 2 is 1.92 bits per heavy atom. The monoisotopic (exact) mass is 337 g/mol. The maximum absolute atomic E-state index is 12.4. The lowest BCUT2D eigenvalue weighted by Gasteiger charge is -2.24. The van der Waals surface area contributed by atoms with Crippen LogP contribution in [0, 0.1) is 11.8 Å². The van der Waals surface area contributed by atoms with Crippen LogP contribution in [0.1, 0.15) is 41.4 Å². The van der Waals surface area contributed by atoms with E-state index in [4.69, 9.17) is 0 Å². The van der Waals surface area contributed by atoms with Crippen molar-refractivity contribution < 1.29 is 4.79 Å². The molecule has 130 valence electrons. The second kappa shape index (κ2) is 5.95. The lowest BCUT2D eigenvalue weighted by molar-refractivity contribution is 0.0937. The minimum atomic E-state index is -0.0698. The predicted molar refractivity (Wildman–Crippen MR) is 92.9 cm³/mol. The Morgan fingerprint density at radius 1 is 1.16 bits per heavy atom. The summed E-state index contributed by atoms with van der Waals surface area (Å²) in [5.41, 5.74) is 1.81. The summed E-state index contributed by atoms with van der Waals surface area (Å²) in [6.07, 6.45) is 5.35. The minimum absolute atomic E-state index is 0.0698. The van der Waals surface area contributed by atoms with E-state index in [0.717, 1.165) is 32.5 Å². The molecule has 25 heavy (non-hydrogen) atoms. The summed E-state index contributed by atoms with van der Waals surface area (Å²) < 4.78 is 1.85. The van der Waals surface area contributed by atoms with Gasteiger partial charge in [-0.1, -0.05) is 35.5 Å². The van der Waals surface area contributed by atoms with Crippen LogP contribution < -0.4 is 5.32 Å². The van der Waals surface area contributed by atoms with Crippen molar-refractivity contribution in [3.63, 3.8) is 0 Å². The maximum atomic E-state index is 12.4. The Kier molecular flexibility index (Phi) is 3.59. The standard InChI is InChI=1S/C19H23N5O/c25-19(17-12-24(22-21-17)14-7-4-8-14)20-18-15-10-23(11-16(15)18)9-13-5-2-1-3-6-13/h1-3,5-6,12,14-16,18H,4,7-11H2,(H,20,25)/t15-,16+,18?. The van der Waals surface area contributed by atoms with Crippen molar-refractivity contribution in [3.05, 3.63) is 47.8 Å². The van der Waals surface area contributed by atoms with Crippen LogP contribution in [-0.2, 0) is 6.54 Å². The van der Waals surface area contributed by atoms with Gasteiger partial charge in [0.1, 0.15) is 0 Å². The molecule has 1 aromatic heterocycles. The van der Waals surface area contributed by atoms with Crippen LogP contribution in [-0.4, -0.2) is 44.9 Å². The lowest BCUT2D eigenvalue weighted by atomic mass is 9.93. The van der Waals surface area contributed by atoms with Gasteiger partial charge in [0.15, 0.2) is 5.69 Å². The Hall–Kier alpha value is -2.21. The normalized spacial score (nSPS) is 28.4. The molecule has 3 atom stereocenters. The van der Waals surface area contributed by atoms with Crippen molar-refractivity contribution in [3.8, 4) is 0 Å². The number of nitrogens with zero attached hydrogens (tertiary/aromatic N) is 4. The SMILES string of the molecule is O=C(NC1[C@H]2CN(Cc3ccccc3)C[C@@H]12)c1cn(C2CCC2)nn1. The zero-order valence-corrected chi connectivity index (χ0v) is 14.2. The van der Waals surface area contributed by atoms with Gasteiger partial charge in [0.05, 0.1) is 12.2 Å². The summed E-state index contributed by atoms with van der Waals surface area (Å²) in [7, 11) is 0. The van der Waals surface area contributed by atoms with Crippen LogP contribution in [0.3, 0.4) is 0 Å². The van der Waals surface area contributed by atoms with Crippen molar-refractivity contribution in [2.75, 3.05) is 13.1 Å². The molecule has 6 nitrogen and oxygen atoms in total. The van der Waals surface area contributed by atoms with Crippen LogP contribution in [0.15, 0.2) is 36.5 Å². The van der Waals surface area contributed by atoms with Crippen molar-refractivity contribution in [1.29, 1.82) is 0 Å². The first-order chi connectivity index (χ1) is 12.3. The van der Waals surface area contributed by atoms with E-state index in [0.29, 0.717) is 29.6 Å². The average Bonchev–Trinajstić information content (AvgIpc) is 2.97. The molecule has 1 N–H and O–H groups in total. The van der Waals surface area contributed by atoms with E-state index in [1.54, 1.807) is 6.20 Å². The highest BCUT2D eigenvalue weighted by Gasteiger charge is 2.56. The lowest BCUT2D eigenvalue weighted by Crippen LogP contribution is -2.34. The number of benzene rings is 1. The van der Waals surface area contributed by atoms with Crippen molar-refractivity contribution in [1.82, 2.24) is 25.2 Å². The molecule has 2 heterocycles. The minimum Gasteiger partial charge on any atom is -0.347 e. The molecular formula is C19H23N5O. The second-order valence-corrected chi connectivity index (χ2v) is 7.68. The molecule has 2 aliphatic carbocycles. The van der Waals surface area contributed by atoms with Crippen molar-refractivity contribution in [2.45, 2.75) is 37.9 Å². The number of fused-ring (bicyclic) bond motifs is 1. The molecule has 2 saturated carbocycles. The third-order valence-corrected chi connectivity index (χ3v) is 6.01. The highest BCUT2D eigenvalue weighted by Crippen LogP contribution is 2.46. The van der Waals surface area contributed by atoms with E-state index < -0.39 is 0 Å². The molecule has 1 saturated heterocycles. The van der Waals surface area contributed by atoms with Crippen LogP contribution in [0.2, 0.25) is 0 Å². The van der Waals surface area contributed by atoms with E-state index in [2.05, 4.69) is 50.9 Å². The number of aromatic nitrogens is 3. The fraction of sp³-hybridized carbons (Fsp3) is 0.526. The van der Waals surface area contributed by atoms with E-state index in [-0.39, 0.29) is 5.91 Å². The molecule has 1 aromatic carbocycles. The first-order valence-corrected chi connectivity index (χ1v) is 9.27. The maximum Gasteiger partial charge on any atom is 0.273 e. The number of hydrogen-bond acceptors (Lipinski definition) is 4. The van der Waals surface area contributed by atoms with Gasteiger partial charge in [0.25, 0.3) is 5.91 Å². The van der Waals surface area contributed by atoms with Crippen LogP contribution in [0.5, 0.6) is 0 Å². The average molecular weight is 337 g/mol. The topological polar surface area (TPSA) is 63.1 Å². The zero-order valence-electron chi connectivity index (χ0n) is 14.2. The summed E-state index contributed by atoms with van der Waals surface area (Å²) in [5.74, 6) is 1.11. The number of nitrogens with one attached hydrogen (secondary N) is 1. The van der Waals surface area contributed by atoms with Gasteiger partial charge >= 0.3 is 0 Å². The van der Waals surface area contributed by atoms with Gasteiger partial charge in [-0.2, -0.15) is 0 Å². The van der Waals surface area contributed by atoms with Gasteiger partial charge in [-0.15, -0.1) is 5.10 Å². The molecule has 1 amide bonds. The quantitative estimate of drug-likeness (QED) is 0.905. The third kappa shape index (κ3) is 2.84. The Morgan fingerprint density at radius 3 is 2.60 bits per heavy atom. The largest absolute Gasteiger partial charge is 0.347 e. The molecule has 0 bridgehead atoms. The second-order valence-electron chi connectivity index (χ2n) is 7.68. The fourth-order valence-electron chi connectivity index (χ4n) is 4.23. The van der Waals surface area contributed by atoms with Crippen LogP contribution in [0.25, 0.3) is 0 Å². The van der Waals surface area contributed by atoms with E-state index >= 15 is 0 Å². The zero-order chi connectivity index (χ0) is 16.8. The number of carbonyl (C=O) groups excluding carboxylic acids is 1. The number of likely N-dealkylation sites (tertiary alicyclic amines) is 1. The first kappa shape index (κ1) is 15.1. The summed E-state index contributed by atoms with van der Waals surface area (Å²) in [4.78, 5) is 14.9. The molecule has 3 aliphatic rings. The summed E-state index contributed by atoms with van der Waals surface area (Å²) in [6, 6.07) is 11.3. The van der Waals surface area contributed by atoms with Gasteiger partial charge < -0.3 is 5.32 Å². The molecule has 2 aromatic rings. The van der Waals surface area contributed by atoms with Gasteiger partial charge in [-0.3, -0.25) is 9.69 Å². The molecule has 1 unspecified atom stereocenters. The number of amides is 1. The van der Waals surface area contributed by atoms with Crippen molar-refractivity contribution in [2.24, 2.45) is 11.8 Å². The van der Waals surface area contributed by atoms with E-state index in [1.165, 1.54) is 12.0 Å². The molecule has 5 rings (SSSR count). The van der Waals surface area contributed by atoms with Gasteiger partial charge in [-0.25, -0.2) is 4.68 Å². The smallest absolute Gasteiger partial charge is 0.273 e. The predicted octanol–water partition coefficient (Wildman–Crippen LogP) is 1.86. The number of carbonyl (C=O) groups is 1. The molecule has 0 spiro atoms. The summed E-state index contributed by atoms with van der Waals surface area (Å²) in [5, 5.41) is 11.3. The van der Waals surface area contributed by atoms with E-state index in [1.807, 2.05) is 4.68 Å². The summed E-state index contributed by atoms with van der Waals surface area (Å²) in [6.45, 7) is 3.14. The number of piperidine rings is 1. The highest BCUT2D eigenvalue weighted by atomic mass is 16.2. The summed E-state index contributed by atoms with van der Waals surface area (Å²) >= 11 is 0. The Labute approximate surface area is 147 Å². The van der Waals surface area contributed by atoms with Crippen LogP contribution >= 0.6 is 0 Å². The van der Waals surface area contributed by atoms with Gasteiger partial charge in [-0.05, 0) is 36.7 Å². The molecule has 3 fully saturated rings. The third-order valence-electron chi connectivity index (χ3n) is 6.01. The Bertz CT molecular complexity index is 757. The number of hydrogen-bond donors (Lipinski definition) is 1. The molecule has 6 heteroatoms. The number of rotatable bonds is 5. The fourth-order valence-corrected chi connectivity index (χ4v) is 4.23.